The van der Waals surface area contributed by atoms with E-state index in [2.05, 4.69) is 25.2 Å². The number of rotatable bonds is 2. The molecule has 7 heteroatoms. The van der Waals surface area contributed by atoms with Crippen LogP contribution in [0, 0.1) is 5.82 Å². The van der Waals surface area contributed by atoms with Crippen LogP contribution < -0.4 is 10.2 Å². The summed E-state index contributed by atoms with van der Waals surface area (Å²) in [5, 5.41) is 16.0. The maximum Gasteiger partial charge on any atom is 0.175 e. The average molecular weight is 401 g/mol. The zero-order valence-corrected chi connectivity index (χ0v) is 16.2. The van der Waals surface area contributed by atoms with Gasteiger partial charge in [0.05, 0.1) is 5.39 Å². The molecule has 2 bridgehead atoms. The zero-order valence-electron chi connectivity index (χ0n) is 16.2. The second-order valence-electron chi connectivity index (χ2n) is 8.14. The third-order valence-electron chi connectivity index (χ3n) is 6.22. The number of fused-ring (bicyclic) bond motifs is 4. The van der Waals surface area contributed by atoms with Crippen molar-refractivity contribution in [3.05, 3.63) is 54.7 Å². The first-order valence-electron chi connectivity index (χ1n) is 10.2. The number of piperazine rings is 1. The maximum atomic E-state index is 15.7. The number of phenolic OH excluding ortho intramolecular Hbond substituents is 1. The molecule has 2 N–H and O–H groups in total. The van der Waals surface area contributed by atoms with Gasteiger partial charge in [0.15, 0.2) is 5.82 Å². The smallest absolute Gasteiger partial charge is 0.175 e. The van der Waals surface area contributed by atoms with E-state index in [4.69, 9.17) is 0 Å². The maximum absolute atomic E-state index is 15.7. The number of aromatic hydroxyl groups is 1. The largest absolute Gasteiger partial charge is 0.508 e. The third-order valence-corrected chi connectivity index (χ3v) is 6.22. The number of hydrogen-bond donors (Lipinski definition) is 2. The highest BCUT2D eigenvalue weighted by molar-refractivity contribution is 5.99. The Morgan fingerprint density at radius 2 is 1.80 bits per heavy atom. The van der Waals surface area contributed by atoms with Crippen molar-refractivity contribution < 1.29 is 9.50 Å². The van der Waals surface area contributed by atoms with Crippen molar-refractivity contribution >= 4 is 27.5 Å². The van der Waals surface area contributed by atoms with Crippen molar-refractivity contribution in [2.24, 2.45) is 0 Å². The molecule has 0 amide bonds. The quantitative estimate of drug-likeness (QED) is 0.534. The van der Waals surface area contributed by atoms with Crippen molar-refractivity contribution in [2.45, 2.75) is 24.9 Å². The average Bonchev–Trinajstić information content (AvgIpc) is 3.10. The molecule has 2 fully saturated rings. The lowest BCUT2D eigenvalue weighted by atomic mass is 10.0. The molecule has 30 heavy (non-hydrogen) atoms. The summed E-state index contributed by atoms with van der Waals surface area (Å²) in [5.41, 5.74) is 0.980. The molecule has 2 aliphatic rings. The summed E-state index contributed by atoms with van der Waals surface area (Å²) < 4.78 is 15.7. The van der Waals surface area contributed by atoms with Crippen molar-refractivity contribution in [3.63, 3.8) is 0 Å². The van der Waals surface area contributed by atoms with Gasteiger partial charge in [0.2, 0.25) is 0 Å². The first-order chi connectivity index (χ1) is 14.7. The van der Waals surface area contributed by atoms with Crippen LogP contribution in [0.3, 0.4) is 0 Å². The zero-order chi connectivity index (χ0) is 20.2. The van der Waals surface area contributed by atoms with Gasteiger partial charge in [-0.25, -0.2) is 14.4 Å². The lowest BCUT2D eigenvalue weighted by Gasteiger charge is -2.34. The highest BCUT2D eigenvalue weighted by Gasteiger charge is 2.33. The van der Waals surface area contributed by atoms with E-state index in [1.54, 1.807) is 18.3 Å². The summed E-state index contributed by atoms with van der Waals surface area (Å²) in [5.74, 6) is 0.312. The Morgan fingerprint density at radius 1 is 1.00 bits per heavy atom. The lowest BCUT2D eigenvalue weighted by Crippen LogP contribution is -2.51. The molecule has 2 atom stereocenters. The number of phenols is 1. The standard InChI is InChI=1S/C23H20FN5O/c24-20-21(18-8-16(30)7-13-3-1-2-4-17(13)18)25-9-19-22(20)26-12-27-23(19)29-10-14-5-6-15(11-29)28-14/h1-4,7-9,12,14-15,28,30H,5-6,10-11H2. The number of hydrogen-bond acceptors (Lipinski definition) is 6. The molecule has 2 aromatic heterocycles. The van der Waals surface area contributed by atoms with E-state index < -0.39 is 5.82 Å². The van der Waals surface area contributed by atoms with Gasteiger partial charge in [0, 0.05) is 36.9 Å². The van der Waals surface area contributed by atoms with Gasteiger partial charge in [0.25, 0.3) is 0 Å². The Labute approximate surface area is 172 Å². The van der Waals surface area contributed by atoms with Gasteiger partial charge >= 0.3 is 0 Å². The van der Waals surface area contributed by atoms with Gasteiger partial charge in [-0.2, -0.15) is 0 Å². The van der Waals surface area contributed by atoms with Crippen LogP contribution in [0.2, 0.25) is 0 Å². The summed E-state index contributed by atoms with van der Waals surface area (Å²) in [4.78, 5) is 15.4. The number of halogens is 1. The van der Waals surface area contributed by atoms with Gasteiger partial charge < -0.3 is 15.3 Å². The van der Waals surface area contributed by atoms with Crippen molar-refractivity contribution in [1.82, 2.24) is 20.3 Å². The summed E-state index contributed by atoms with van der Waals surface area (Å²) in [6.45, 7) is 1.70. The monoisotopic (exact) mass is 401 g/mol. The van der Waals surface area contributed by atoms with Gasteiger partial charge in [-0.1, -0.05) is 24.3 Å². The molecule has 4 aromatic rings. The Balaban J connectivity index is 1.52. The van der Waals surface area contributed by atoms with Crippen molar-refractivity contribution in [3.8, 4) is 17.0 Å². The minimum atomic E-state index is -0.495. The molecule has 0 radical (unpaired) electrons. The van der Waals surface area contributed by atoms with Crippen LogP contribution in [0.1, 0.15) is 12.8 Å². The fourth-order valence-electron chi connectivity index (χ4n) is 4.88. The van der Waals surface area contributed by atoms with Crippen LogP contribution in [0.5, 0.6) is 5.75 Å². The van der Waals surface area contributed by atoms with Crippen LogP contribution in [-0.2, 0) is 0 Å². The van der Waals surface area contributed by atoms with E-state index in [1.807, 2.05) is 24.3 Å². The first-order valence-corrected chi connectivity index (χ1v) is 10.2. The van der Waals surface area contributed by atoms with E-state index in [1.165, 1.54) is 6.33 Å². The van der Waals surface area contributed by atoms with Crippen LogP contribution in [-0.4, -0.2) is 45.2 Å². The molecular formula is C23H20FN5O. The SMILES string of the molecule is Oc1cc(-c2ncc3c(N4CC5CCC(C4)N5)ncnc3c2F)c2ccccc2c1. The molecule has 2 aliphatic heterocycles. The molecule has 2 saturated heterocycles. The van der Waals surface area contributed by atoms with Crippen LogP contribution >= 0.6 is 0 Å². The Morgan fingerprint density at radius 3 is 2.63 bits per heavy atom. The summed E-state index contributed by atoms with van der Waals surface area (Å²) in [7, 11) is 0. The molecule has 6 rings (SSSR count). The Bertz CT molecular complexity index is 1280. The number of nitrogens with one attached hydrogen (secondary N) is 1. The topological polar surface area (TPSA) is 74.2 Å². The summed E-state index contributed by atoms with van der Waals surface area (Å²) >= 11 is 0. The number of aromatic nitrogens is 3. The lowest BCUT2D eigenvalue weighted by molar-refractivity contribution is 0.464. The van der Waals surface area contributed by atoms with Crippen molar-refractivity contribution in [1.29, 1.82) is 0 Å². The van der Waals surface area contributed by atoms with Gasteiger partial charge in [-0.3, -0.25) is 4.98 Å². The molecule has 0 spiro atoms. The van der Waals surface area contributed by atoms with E-state index in [-0.39, 0.29) is 17.0 Å². The van der Waals surface area contributed by atoms with E-state index in [9.17, 15) is 5.11 Å². The molecule has 150 valence electrons. The number of benzene rings is 2. The molecule has 6 nitrogen and oxygen atoms in total. The third kappa shape index (κ3) is 2.69. The molecule has 2 aromatic carbocycles. The highest BCUT2D eigenvalue weighted by atomic mass is 19.1. The van der Waals surface area contributed by atoms with E-state index >= 15 is 4.39 Å². The number of nitrogens with zero attached hydrogens (tertiary/aromatic N) is 4. The first kappa shape index (κ1) is 17.5. The van der Waals surface area contributed by atoms with Crippen LogP contribution in [0.25, 0.3) is 32.9 Å². The van der Waals surface area contributed by atoms with E-state index in [0.29, 0.717) is 23.0 Å². The fraction of sp³-hybridized carbons (Fsp3) is 0.261. The van der Waals surface area contributed by atoms with Gasteiger partial charge in [-0.05, 0) is 35.7 Å². The minimum absolute atomic E-state index is 0.0738. The molecule has 4 heterocycles. The molecule has 0 saturated carbocycles. The summed E-state index contributed by atoms with van der Waals surface area (Å²) in [6, 6.07) is 11.7. The van der Waals surface area contributed by atoms with Gasteiger partial charge in [0.1, 0.15) is 29.1 Å². The molecule has 2 unspecified atom stereocenters. The predicted molar refractivity (Wildman–Crippen MR) is 114 cm³/mol. The van der Waals surface area contributed by atoms with Crippen molar-refractivity contribution in [2.75, 3.05) is 18.0 Å². The molecular weight excluding hydrogens is 381 g/mol. The molecule has 0 aliphatic carbocycles. The second kappa shape index (κ2) is 6.60. The highest BCUT2D eigenvalue weighted by Crippen LogP contribution is 2.36. The van der Waals surface area contributed by atoms with E-state index in [0.717, 1.165) is 42.5 Å². The predicted octanol–water partition coefficient (Wildman–Crippen LogP) is 3.63. The Hall–Kier alpha value is -3.32. The fourth-order valence-corrected chi connectivity index (χ4v) is 4.88. The number of pyridine rings is 1. The minimum Gasteiger partial charge on any atom is -0.508 e. The number of anilines is 1. The second-order valence-corrected chi connectivity index (χ2v) is 8.14. The normalized spacial score (nSPS) is 20.9. The summed E-state index contributed by atoms with van der Waals surface area (Å²) in [6.07, 6.45) is 5.40. The Kier molecular flexibility index (Phi) is 3.86. The van der Waals surface area contributed by atoms with Crippen LogP contribution in [0.4, 0.5) is 10.2 Å². The van der Waals surface area contributed by atoms with Gasteiger partial charge in [-0.15, -0.1) is 0 Å². The van der Waals surface area contributed by atoms with Crippen LogP contribution in [0.15, 0.2) is 48.9 Å².